The van der Waals surface area contributed by atoms with Gasteiger partial charge in [-0.1, -0.05) is 170 Å². The van der Waals surface area contributed by atoms with Crippen LogP contribution in [0.5, 0.6) is 46.0 Å². The topological polar surface area (TPSA) is 63.2 Å². The van der Waals surface area contributed by atoms with Crippen molar-refractivity contribution in [2.24, 2.45) is 0 Å². The molecule has 8 heteroatoms. The molecule has 0 unspecified atom stereocenters. The van der Waals surface area contributed by atoms with Crippen molar-refractivity contribution in [3.63, 3.8) is 0 Å². The van der Waals surface area contributed by atoms with Gasteiger partial charge in [-0.3, -0.25) is 0 Å². The first-order valence-corrected chi connectivity index (χ1v) is 27.2. The molecular formula is C72H40B2O6. The summed E-state index contributed by atoms with van der Waals surface area (Å²) in [6.45, 7) is -0.0729. The lowest BCUT2D eigenvalue weighted by atomic mass is 9.34. The first-order valence-electron chi connectivity index (χ1n) is 27.2. The maximum Gasteiger partial charge on any atom is 0.260 e. The predicted molar refractivity (Wildman–Crippen MR) is 324 cm³/mol. The highest BCUT2D eigenvalue weighted by Gasteiger charge is 2.42. The van der Waals surface area contributed by atoms with E-state index >= 15 is 0 Å². The van der Waals surface area contributed by atoms with Crippen molar-refractivity contribution in [1.29, 1.82) is 0 Å². The van der Waals surface area contributed by atoms with Crippen LogP contribution in [0.2, 0.25) is 0 Å². The Bertz CT molecular complexity index is 4890. The second-order valence-electron chi connectivity index (χ2n) is 21.3. The number of para-hydroxylation sites is 5. The Morgan fingerprint density at radius 1 is 0.237 bits per heavy atom. The Hall–Kier alpha value is -10.4. The summed E-state index contributed by atoms with van der Waals surface area (Å²) in [6, 6.07) is 85.3. The van der Waals surface area contributed by atoms with Gasteiger partial charge in [-0.05, 0) is 145 Å². The summed E-state index contributed by atoms with van der Waals surface area (Å²) in [6.07, 6.45) is 0. The highest BCUT2D eigenvalue weighted by molar-refractivity contribution is 6.99. The Kier molecular flexibility index (Phi) is 9.03. The molecule has 0 saturated carbocycles. The third-order valence-electron chi connectivity index (χ3n) is 17.0. The van der Waals surface area contributed by atoms with Gasteiger partial charge in [-0.15, -0.1) is 0 Å². The molecule has 0 atom stereocenters. The maximum atomic E-state index is 6.95. The van der Waals surface area contributed by atoms with Crippen LogP contribution in [0.15, 0.2) is 251 Å². The van der Waals surface area contributed by atoms with Gasteiger partial charge in [0.1, 0.15) is 68.3 Å². The molecule has 6 heterocycles. The van der Waals surface area contributed by atoms with Crippen LogP contribution in [-0.4, -0.2) is 13.4 Å². The van der Waals surface area contributed by atoms with E-state index in [0.717, 1.165) is 178 Å². The van der Waals surface area contributed by atoms with Crippen molar-refractivity contribution in [2.75, 3.05) is 0 Å². The highest BCUT2D eigenvalue weighted by Crippen LogP contribution is 2.45. The van der Waals surface area contributed by atoms with Gasteiger partial charge in [-0.2, -0.15) is 0 Å². The van der Waals surface area contributed by atoms with Gasteiger partial charge in [0.05, 0.1) is 0 Å². The van der Waals surface area contributed by atoms with Crippen LogP contribution in [-0.2, 0) is 0 Å². The third kappa shape index (κ3) is 6.44. The molecule has 4 aliphatic rings. The summed E-state index contributed by atoms with van der Waals surface area (Å²) >= 11 is 0. The van der Waals surface area contributed by atoms with Gasteiger partial charge in [0.15, 0.2) is 0 Å². The molecular weight excluding hydrogens is 982 g/mol. The van der Waals surface area contributed by atoms with Crippen molar-refractivity contribution in [3.05, 3.63) is 243 Å². The normalized spacial score (nSPS) is 13.1. The van der Waals surface area contributed by atoms with E-state index in [4.69, 9.17) is 27.8 Å². The lowest BCUT2D eigenvalue weighted by Crippen LogP contribution is -2.57. The Balaban J connectivity index is 0.681. The van der Waals surface area contributed by atoms with E-state index in [1.54, 1.807) is 0 Å². The van der Waals surface area contributed by atoms with Crippen LogP contribution in [0.3, 0.4) is 0 Å². The molecule has 0 bridgehead atoms. The summed E-state index contributed by atoms with van der Waals surface area (Å²) in [7, 11) is 0. The molecule has 370 valence electrons. The lowest BCUT2D eigenvalue weighted by Gasteiger charge is -2.33. The number of rotatable bonds is 5. The van der Waals surface area contributed by atoms with Crippen molar-refractivity contribution in [2.45, 2.75) is 0 Å². The molecule has 0 fully saturated rings. The van der Waals surface area contributed by atoms with E-state index in [1.807, 2.05) is 30.3 Å². The highest BCUT2D eigenvalue weighted by atomic mass is 16.5. The molecule has 4 aliphatic heterocycles. The molecule has 2 aromatic heterocycles. The van der Waals surface area contributed by atoms with E-state index in [-0.39, 0.29) is 13.4 Å². The monoisotopic (exact) mass is 1020 g/mol. The van der Waals surface area contributed by atoms with Gasteiger partial charge < -0.3 is 27.8 Å². The quantitative estimate of drug-likeness (QED) is 0.160. The standard InChI is InChI=1S/C72H40B2O6/c1-5-18-58-51(11-1)53-35-45(31-33-59(53)75-58)41-23-25-42(26-24-41)47-39-67-71-68(40-47)79-63-34-32-46(36-57(63)74(71)56-17-4-8-21-62(56)78-67)49-12-10-22-64-69(49)52-14-9-13-50(72(52)80-64)44-29-27-43(28-30-44)48-37-65-70-66(38-48)77-61-20-7-3-16-55(61)73(70)54-15-2-6-19-60(54)76-65/h1-40H. The molecule has 0 aliphatic carbocycles. The minimum atomic E-state index is -0.107. The van der Waals surface area contributed by atoms with Crippen molar-refractivity contribution >= 4 is 90.1 Å². The van der Waals surface area contributed by atoms with Gasteiger partial charge in [0, 0.05) is 38.0 Å². The molecule has 6 nitrogen and oxygen atoms in total. The maximum absolute atomic E-state index is 6.95. The second kappa shape index (κ2) is 16.5. The van der Waals surface area contributed by atoms with E-state index in [1.165, 1.54) is 0 Å². The molecule has 0 spiro atoms. The van der Waals surface area contributed by atoms with Gasteiger partial charge in [0.25, 0.3) is 13.4 Å². The predicted octanol–water partition coefficient (Wildman–Crippen LogP) is 15.3. The number of fused-ring (bicyclic) bond motifs is 14. The number of furan rings is 2. The average molecular weight is 1020 g/mol. The average Bonchev–Trinajstić information content (AvgIpc) is 4.21. The Morgan fingerprint density at radius 3 is 1.31 bits per heavy atom. The SMILES string of the molecule is c1ccc2c(c1)Oc1cc(-c3ccc(-c4cccc5c4oc4cccc(-c6ccc7c(c6)B6c8ccccc8Oc8cc(-c9ccc(-c%10ccc%11oc%12ccccc%12c%11c%10)cc9)cc(c86)O7)c45)cc3)cc3c1B2c1ccccc1O3. The zero-order chi connectivity index (χ0) is 52.2. The largest absolute Gasteiger partial charge is 0.458 e. The van der Waals surface area contributed by atoms with Crippen LogP contribution in [0.1, 0.15) is 0 Å². The molecule has 18 rings (SSSR count). The molecule has 12 aromatic carbocycles. The Labute approximate surface area is 459 Å². The van der Waals surface area contributed by atoms with Crippen LogP contribution in [0.25, 0.3) is 99.5 Å². The first kappa shape index (κ1) is 43.6. The number of hydrogen-bond acceptors (Lipinski definition) is 6. The van der Waals surface area contributed by atoms with Crippen molar-refractivity contribution < 1.29 is 27.8 Å². The third-order valence-corrected chi connectivity index (χ3v) is 17.0. The molecule has 80 heavy (non-hydrogen) atoms. The molecule has 0 amide bonds. The zero-order valence-electron chi connectivity index (χ0n) is 42.7. The minimum Gasteiger partial charge on any atom is -0.458 e. The zero-order valence-corrected chi connectivity index (χ0v) is 42.7. The molecule has 14 aromatic rings. The molecule has 0 N–H and O–H groups in total. The number of hydrogen-bond donors (Lipinski definition) is 0. The Morgan fingerprint density at radius 2 is 0.688 bits per heavy atom. The number of benzene rings is 12. The van der Waals surface area contributed by atoms with Crippen LogP contribution < -0.4 is 51.7 Å². The summed E-state index contributed by atoms with van der Waals surface area (Å²) < 4.78 is 40.0. The van der Waals surface area contributed by atoms with E-state index < -0.39 is 0 Å². The molecule has 0 saturated heterocycles. The second-order valence-corrected chi connectivity index (χ2v) is 21.3. The van der Waals surface area contributed by atoms with E-state index in [2.05, 4.69) is 212 Å². The van der Waals surface area contributed by atoms with E-state index in [9.17, 15) is 0 Å². The van der Waals surface area contributed by atoms with Crippen LogP contribution in [0.4, 0.5) is 0 Å². The smallest absolute Gasteiger partial charge is 0.260 e. The lowest BCUT2D eigenvalue weighted by molar-refractivity contribution is 0.464. The van der Waals surface area contributed by atoms with Crippen LogP contribution in [0, 0.1) is 0 Å². The van der Waals surface area contributed by atoms with Gasteiger partial charge in [0.2, 0.25) is 0 Å². The van der Waals surface area contributed by atoms with E-state index in [0.29, 0.717) is 0 Å². The fourth-order valence-corrected chi connectivity index (χ4v) is 13.3. The first-order chi connectivity index (χ1) is 39.6. The summed E-state index contributed by atoms with van der Waals surface area (Å²) in [4.78, 5) is 0. The van der Waals surface area contributed by atoms with Crippen molar-refractivity contribution in [1.82, 2.24) is 0 Å². The summed E-state index contributed by atoms with van der Waals surface area (Å²) in [5, 5.41) is 4.36. The van der Waals surface area contributed by atoms with Crippen LogP contribution >= 0.6 is 0 Å². The minimum absolute atomic E-state index is 0.0345. The fourth-order valence-electron chi connectivity index (χ4n) is 13.3. The summed E-state index contributed by atoms with van der Waals surface area (Å²) in [5.41, 5.74) is 20.8. The summed E-state index contributed by atoms with van der Waals surface area (Å²) in [5.74, 6) is 6.67. The van der Waals surface area contributed by atoms with Gasteiger partial charge >= 0.3 is 0 Å². The number of ether oxygens (including phenoxy) is 4. The molecule has 0 radical (unpaired) electrons. The van der Waals surface area contributed by atoms with Crippen molar-refractivity contribution in [3.8, 4) is 102 Å². The van der Waals surface area contributed by atoms with Gasteiger partial charge in [-0.25, -0.2) is 0 Å². The fraction of sp³-hybridized carbons (Fsp3) is 0.